The number of aromatic nitrogens is 4. The Balaban J connectivity index is 1.59. The molecule has 2 N–H and O–H groups in total. The molecule has 0 amide bonds. The van der Waals surface area contributed by atoms with Crippen LogP contribution in [0.1, 0.15) is 50.3 Å². The minimum absolute atomic E-state index is 0.101. The molecule has 2 aliphatic rings. The van der Waals surface area contributed by atoms with Crippen LogP contribution in [0.15, 0.2) is 24.5 Å². The van der Waals surface area contributed by atoms with Gasteiger partial charge in [0, 0.05) is 25.0 Å². The Kier molecular flexibility index (Phi) is 5.14. The van der Waals surface area contributed by atoms with Gasteiger partial charge >= 0.3 is 0 Å². The van der Waals surface area contributed by atoms with E-state index in [0.29, 0.717) is 17.0 Å². The molecule has 150 valence electrons. The summed E-state index contributed by atoms with van der Waals surface area (Å²) in [6.07, 6.45) is 7.12. The Morgan fingerprint density at radius 3 is 2.71 bits per heavy atom. The van der Waals surface area contributed by atoms with Crippen LogP contribution in [-0.4, -0.2) is 42.2 Å². The van der Waals surface area contributed by atoms with Gasteiger partial charge in [0.25, 0.3) is 0 Å². The lowest BCUT2D eigenvalue weighted by Crippen LogP contribution is -2.45. The largest absolute Gasteiger partial charge is 0.339 e. The van der Waals surface area contributed by atoms with Crippen molar-refractivity contribution in [2.45, 2.75) is 50.2 Å². The van der Waals surface area contributed by atoms with E-state index in [1.54, 1.807) is 0 Å². The first-order valence-electron chi connectivity index (χ1n) is 9.51. The quantitative estimate of drug-likeness (QED) is 0.816. The highest BCUT2D eigenvalue weighted by Gasteiger charge is 2.50. The van der Waals surface area contributed by atoms with Crippen LogP contribution in [0.4, 0.5) is 5.95 Å². The predicted octanol–water partition coefficient (Wildman–Crippen LogP) is 2.64. The Bertz CT molecular complexity index is 882. The third kappa shape index (κ3) is 3.53. The molecule has 0 aromatic carbocycles. The van der Waals surface area contributed by atoms with Crippen LogP contribution >= 0.6 is 11.6 Å². The van der Waals surface area contributed by atoms with Crippen molar-refractivity contribution in [3.8, 4) is 0 Å². The zero-order chi connectivity index (χ0) is 19.9. The summed E-state index contributed by atoms with van der Waals surface area (Å²) in [6, 6.07) is 4.18. The second kappa shape index (κ2) is 7.31. The molecular formula is C19H25ClN6OS. The highest BCUT2D eigenvalue weighted by molar-refractivity contribution is 7.84. The fourth-order valence-corrected chi connectivity index (χ4v) is 5.10. The molecule has 1 fully saturated rings. The lowest BCUT2D eigenvalue weighted by atomic mass is 9.67. The zero-order valence-electron chi connectivity index (χ0n) is 16.1. The van der Waals surface area contributed by atoms with Crippen LogP contribution in [-0.2, 0) is 17.4 Å². The van der Waals surface area contributed by atoms with E-state index >= 15 is 0 Å². The lowest BCUT2D eigenvalue weighted by molar-refractivity contribution is 0.169. The summed E-state index contributed by atoms with van der Waals surface area (Å²) in [5.74, 6) is 0.915. The van der Waals surface area contributed by atoms with E-state index in [9.17, 15) is 4.21 Å². The van der Waals surface area contributed by atoms with E-state index in [-0.39, 0.29) is 5.41 Å². The molecule has 1 saturated heterocycles. The Morgan fingerprint density at radius 1 is 1.32 bits per heavy atom. The first-order chi connectivity index (χ1) is 13.3. The molecule has 4 rings (SSSR count). The van der Waals surface area contributed by atoms with Crippen LogP contribution in [0.25, 0.3) is 0 Å². The Hall–Kier alpha value is -1.64. The van der Waals surface area contributed by atoms with Crippen molar-refractivity contribution < 1.29 is 4.21 Å². The van der Waals surface area contributed by atoms with E-state index in [0.717, 1.165) is 38.8 Å². The van der Waals surface area contributed by atoms with E-state index in [2.05, 4.69) is 31.1 Å². The third-order valence-electron chi connectivity index (χ3n) is 6.36. The van der Waals surface area contributed by atoms with Gasteiger partial charge in [-0.2, -0.15) is 0 Å². The summed E-state index contributed by atoms with van der Waals surface area (Å²) in [4.78, 5) is 11.1. The topological polar surface area (TPSA) is 97.9 Å². The average Bonchev–Trinajstić information content (AvgIpc) is 2.96. The molecule has 2 aromatic heterocycles. The smallest absolute Gasteiger partial charge is 0.245 e. The van der Waals surface area contributed by atoms with Crippen molar-refractivity contribution in [1.82, 2.24) is 20.2 Å². The molecular weight excluding hydrogens is 396 g/mol. The number of anilines is 1. The second-order valence-electron chi connectivity index (χ2n) is 8.46. The van der Waals surface area contributed by atoms with Gasteiger partial charge in [-0.3, -0.25) is 10.1 Å². The van der Waals surface area contributed by atoms with Crippen LogP contribution < -0.4 is 10.0 Å². The maximum atomic E-state index is 12.1. The summed E-state index contributed by atoms with van der Waals surface area (Å²) in [6.45, 7) is 5.68. The van der Waals surface area contributed by atoms with Gasteiger partial charge in [-0.05, 0) is 62.5 Å². The van der Waals surface area contributed by atoms with Gasteiger partial charge in [0.05, 0.1) is 21.9 Å². The molecule has 0 radical (unpaired) electrons. The van der Waals surface area contributed by atoms with Gasteiger partial charge < -0.3 is 4.90 Å². The minimum Gasteiger partial charge on any atom is -0.339 e. The molecule has 0 saturated carbocycles. The van der Waals surface area contributed by atoms with Gasteiger partial charge in [0.2, 0.25) is 5.95 Å². The van der Waals surface area contributed by atoms with Crippen LogP contribution in [0.2, 0.25) is 5.15 Å². The average molecular weight is 421 g/mol. The first-order valence-corrected chi connectivity index (χ1v) is 11.1. The fourth-order valence-electron chi connectivity index (χ4n) is 4.68. The van der Waals surface area contributed by atoms with Gasteiger partial charge in [0.1, 0.15) is 0 Å². The standard InChI is InChI=1S/C19H25ClN6OS/c1-18(2,28(21)27)10-14-13-4-3-7-22-15(13)11-19(14)5-8-26(9-6-19)17-23-12-16(20)24-25-17/h3-4,7,12,14H,5-6,8-11,21H2,1-2H3/t14-,28?/m1/s1. The molecule has 7 nitrogen and oxygen atoms in total. The summed E-state index contributed by atoms with van der Waals surface area (Å²) in [5, 5.41) is 14.1. The number of rotatable bonds is 4. The highest BCUT2D eigenvalue weighted by Crippen LogP contribution is 2.55. The van der Waals surface area contributed by atoms with Crippen LogP contribution in [0, 0.1) is 5.41 Å². The number of halogens is 1. The van der Waals surface area contributed by atoms with Gasteiger partial charge in [-0.1, -0.05) is 17.7 Å². The molecule has 2 aromatic rings. The maximum absolute atomic E-state index is 12.1. The van der Waals surface area contributed by atoms with Crippen molar-refractivity contribution in [2.24, 2.45) is 10.6 Å². The van der Waals surface area contributed by atoms with Gasteiger partial charge in [-0.25, -0.2) is 9.19 Å². The van der Waals surface area contributed by atoms with Gasteiger partial charge in [0.15, 0.2) is 5.15 Å². The summed E-state index contributed by atoms with van der Waals surface area (Å²) >= 11 is 5.81. The van der Waals surface area contributed by atoms with Crippen molar-refractivity contribution in [1.29, 1.82) is 0 Å². The number of nitrogens with two attached hydrogens (primary N) is 1. The molecule has 3 heterocycles. The SMILES string of the molecule is CC(C)(C[C@@H]1c2cccnc2CC12CCN(c1ncc(Cl)nn1)CC2)S(N)=O. The van der Waals surface area contributed by atoms with E-state index in [1.165, 1.54) is 17.5 Å². The normalized spacial score (nSPS) is 22.3. The molecule has 0 bridgehead atoms. The van der Waals surface area contributed by atoms with Gasteiger partial charge in [-0.15, -0.1) is 10.2 Å². The van der Waals surface area contributed by atoms with Crippen molar-refractivity contribution in [3.05, 3.63) is 40.9 Å². The number of nitrogens with zero attached hydrogens (tertiary/aromatic N) is 5. The Labute approximate surface area is 172 Å². The predicted molar refractivity (Wildman–Crippen MR) is 110 cm³/mol. The lowest BCUT2D eigenvalue weighted by Gasteiger charge is -2.44. The fraction of sp³-hybridized carbons (Fsp3) is 0.579. The van der Waals surface area contributed by atoms with Crippen molar-refractivity contribution in [2.75, 3.05) is 18.0 Å². The number of pyridine rings is 1. The Morgan fingerprint density at radius 2 is 2.07 bits per heavy atom. The maximum Gasteiger partial charge on any atom is 0.245 e. The summed E-state index contributed by atoms with van der Waals surface area (Å²) in [7, 11) is -1.38. The third-order valence-corrected chi connectivity index (χ3v) is 7.79. The summed E-state index contributed by atoms with van der Waals surface area (Å²) in [5.41, 5.74) is 2.56. The van der Waals surface area contributed by atoms with Crippen LogP contribution in [0.5, 0.6) is 0 Å². The van der Waals surface area contributed by atoms with E-state index in [4.69, 9.17) is 16.7 Å². The molecule has 1 aliphatic carbocycles. The molecule has 1 spiro atoms. The number of hydrogen-bond donors (Lipinski definition) is 1. The van der Waals surface area contributed by atoms with Crippen molar-refractivity contribution in [3.63, 3.8) is 0 Å². The number of hydrogen-bond acceptors (Lipinski definition) is 6. The van der Waals surface area contributed by atoms with E-state index in [1.807, 2.05) is 26.1 Å². The molecule has 9 heteroatoms. The summed E-state index contributed by atoms with van der Waals surface area (Å²) < 4.78 is 11.7. The molecule has 1 aliphatic heterocycles. The zero-order valence-corrected chi connectivity index (χ0v) is 17.7. The van der Waals surface area contributed by atoms with Crippen LogP contribution in [0.3, 0.4) is 0 Å². The minimum atomic E-state index is -1.38. The second-order valence-corrected chi connectivity index (χ2v) is 10.5. The first kappa shape index (κ1) is 19.7. The highest BCUT2D eigenvalue weighted by atomic mass is 35.5. The number of fused-ring (bicyclic) bond motifs is 1. The molecule has 1 unspecified atom stereocenters. The van der Waals surface area contributed by atoms with E-state index < -0.39 is 15.7 Å². The van der Waals surface area contributed by atoms with Crippen molar-refractivity contribution >= 4 is 28.5 Å². The molecule has 2 atom stereocenters. The molecule has 28 heavy (non-hydrogen) atoms. The number of piperidine rings is 1. The monoisotopic (exact) mass is 420 g/mol.